The normalized spacial score (nSPS) is 18.6. The second-order valence-electron chi connectivity index (χ2n) is 4.47. The van der Waals surface area contributed by atoms with Crippen molar-refractivity contribution in [2.45, 2.75) is 18.9 Å². The summed E-state index contributed by atoms with van der Waals surface area (Å²) in [7, 11) is 1.76. The van der Waals surface area contributed by atoms with Gasteiger partial charge in [0.2, 0.25) is 0 Å². The van der Waals surface area contributed by atoms with Crippen LogP contribution in [0.4, 0.5) is 4.39 Å². The second kappa shape index (κ2) is 5.27. The highest BCUT2D eigenvalue weighted by Gasteiger charge is 2.18. The van der Waals surface area contributed by atoms with Crippen LogP contribution >= 0.6 is 0 Å². The molecule has 1 aliphatic heterocycles. The Balaban J connectivity index is 1.89. The molecule has 2 rings (SSSR count). The summed E-state index contributed by atoms with van der Waals surface area (Å²) < 4.78 is 13.0. The lowest BCUT2D eigenvalue weighted by Gasteiger charge is -2.29. The van der Waals surface area contributed by atoms with Crippen LogP contribution < -0.4 is 5.32 Å². The van der Waals surface area contributed by atoms with Crippen LogP contribution in [0.25, 0.3) is 0 Å². The number of carbonyl (C=O) groups is 1. The monoisotopic (exact) mass is 236 g/mol. The Morgan fingerprint density at radius 1 is 1.59 bits per heavy atom. The van der Waals surface area contributed by atoms with E-state index in [9.17, 15) is 9.18 Å². The fourth-order valence-corrected chi connectivity index (χ4v) is 1.89. The van der Waals surface area contributed by atoms with Crippen molar-refractivity contribution in [2.75, 3.05) is 20.1 Å². The molecule has 3 nitrogen and oxygen atoms in total. The molecule has 1 unspecified atom stereocenters. The zero-order valence-electron chi connectivity index (χ0n) is 9.95. The van der Waals surface area contributed by atoms with E-state index in [4.69, 9.17) is 0 Å². The van der Waals surface area contributed by atoms with Crippen LogP contribution in [-0.4, -0.2) is 37.0 Å². The van der Waals surface area contributed by atoms with E-state index in [1.54, 1.807) is 24.1 Å². The van der Waals surface area contributed by atoms with Gasteiger partial charge < -0.3 is 10.2 Å². The number of halogens is 1. The topological polar surface area (TPSA) is 32.3 Å². The average Bonchev–Trinajstić information content (AvgIpc) is 2.25. The summed E-state index contributed by atoms with van der Waals surface area (Å²) in [6.07, 6.45) is 2.14. The van der Waals surface area contributed by atoms with Crippen LogP contribution in [0.3, 0.4) is 0 Å². The maximum absolute atomic E-state index is 13.0. The second-order valence-corrected chi connectivity index (χ2v) is 4.47. The van der Waals surface area contributed by atoms with Crippen molar-refractivity contribution in [3.8, 4) is 0 Å². The van der Waals surface area contributed by atoms with E-state index in [1.165, 1.54) is 18.6 Å². The Morgan fingerprint density at radius 3 is 2.94 bits per heavy atom. The predicted molar refractivity (Wildman–Crippen MR) is 64.4 cm³/mol. The van der Waals surface area contributed by atoms with Gasteiger partial charge in [0.05, 0.1) is 0 Å². The highest BCUT2D eigenvalue weighted by atomic mass is 19.1. The SMILES string of the molecule is CN(CCC1CCN1)C(=O)c1cccc(F)c1. The Labute approximate surface area is 101 Å². The van der Waals surface area contributed by atoms with E-state index in [0.717, 1.165) is 13.0 Å². The minimum atomic E-state index is -0.370. The first kappa shape index (κ1) is 12.0. The summed E-state index contributed by atoms with van der Waals surface area (Å²) in [5, 5.41) is 3.29. The van der Waals surface area contributed by atoms with Crippen molar-refractivity contribution in [3.05, 3.63) is 35.6 Å². The predicted octanol–water partition coefficient (Wildman–Crippen LogP) is 1.65. The van der Waals surface area contributed by atoms with Crippen molar-refractivity contribution in [2.24, 2.45) is 0 Å². The van der Waals surface area contributed by atoms with Crippen LogP contribution in [0.15, 0.2) is 24.3 Å². The molecular formula is C13H17FN2O. The fourth-order valence-electron chi connectivity index (χ4n) is 1.89. The number of benzene rings is 1. The van der Waals surface area contributed by atoms with Crippen molar-refractivity contribution in [1.82, 2.24) is 10.2 Å². The first-order valence-corrected chi connectivity index (χ1v) is 5.91. The molecule has 1 aromatic carbocycles. The van der Waals surface area contributed by atoms with Crippen molar-refractivity contribution in [3.63, 3.8) is 0 Å². The van der Waals surface area contributed by atoms with Crippen LogP contribution in [0.2, 0.25) is 0 Å². The molecule has 1 aromatic rings. The fraction of sp³-hybridized carbons (Fsp3) is 0.462. The van der Waals surface area contributed by atoms with Crippen molar-refractivity contribution < 1.29 is 9.18 Å². The molecule has 1 N–H and O–H groups in total. The lowest BCUT2D eigenvalue weighted by atomic mass is 10.0. The minimum absolute atomic E-state index is 0.121. The van der Waals surface area contributed by atoms with E-state index < -0.39 is 0 Å². The number of nitrogens with one attached hydrogen (secondary N) is 1. The van der Waals surface area contributed by atoms with Crippen LogP contribution in [0, 0.1) is 5.82 Å². The quantitative estimate of drug-likeness (QED) is 0.862. The van der Waals surface area contributed by atoms with Gasteiger partial charge in [-0.15, -0.1) is 0 Å². The largest absolute Gasteiger partial charge is 0.342 e. The summed E-state index contributed by atoms with van der Waals surface area (Å²) in [6, 6.07) is 6.36. The first-order chi connectivity index (χ1) is 8.16. The third-order valence-corrected chi connectivity index (χ3v) is 3.16. The molecule has 92 valence electrons. The van der Waals surface area contributed by atoms with Gasteiger partial charge in [-0.2, -0.15) is 0 Å². The van der Waals surface area contributed by atoms with E-state index >= 15 is 0 Å². The van der Waals surface area contributed by atoms with Gasteiger partial charge >= 0.3 is 0 Å². The molecule has 0 aliphatic carbocycles. The third-order valence-electron chi connectivity index (χ3n) is 3.16. The summed E-state index contributed by atoms with van der Waals surface area (Å²) in [6.45, 7) is 1.78. The highest BCUT2D eigenvalue weighted by Crippen LogP contribution is 2.10. The van der Waals surface area contributed by atoms with E-state index in [2.05, 4.69) is 5.32 Å². The van der Waals surface area contributed by atoms with Gasteiger partial charge in [0, 0.05) is 25.2 Å². The molecular weight excluding hydrogens is 219 g/mol. The maximum atomic E-state index is 13.0. The average molecular weight is 236 g/mol. The van der Waals surface area contributed by atoms with Crippen LogP contribution in [0.1, 0.15) is 23.2 Å². The van der Waals surface area contributed by atoms with Gasteiger partial charge in [0.1, 0.15) is 5.82 Å². The van der Waals surface area contributed by atoms with Gasteiger partial charge in [-0.3, -0.25) is 4.79 Å². The number of nitrogens with zero attached hydrogens (tertiary/aromatic N) is 1. The Kier molecular flexibility index (Phi) is 3.74. The zero-order chi connectivity index (χ0) is 12.3. The molecule has 1 amide bonds. The third kappa shape index (κ3) is 3.03. The summed E-state index contributed by atoms with van der Waals surface area (Å²) >= 11 is 0. The summed E-state index contributed by atoms with van der Waals surface area (Å²) in [5.41, 5.74) is 0.411. The molecule has 1 fully saturated rings. The molecule has 0 radical (unpaired) electrons. The molecule has 4 heteroatoms. The summed E-state index contributed by atoms with van der Waals surface area (Å²) in [4.78, 5) is 13.6. The van der Waals surface area contributed by atoms with Gasteiger partial charge in [-0.25, -0.2) is 4.39 Å². The summed E-state index contributed by atoms with van der Waals surface area (Å²) in [5.74, 6) is -0.492. The van der Waals surface area contributed by atoms with Gasteiger partial charge in [0.25, 0.3) is 5.91 Å². The maximum Gasteiger partial charge on any atom is 0.253 e. The molecule has 17 heavy (non-hydrogen) atoms. The lowest BCUT2D eigenvalue weighted by Crippen LogP contribution is -2.45. The molecule has 1 heterocycles. The number of hydrogen-bond donors (Lipinski definition) is 1. The minimum Gasteiger partial charge on any atom is -0.342 e. The molecule has 0 aromatic heterocycles. The number of rotatable bonds is 4. The van der Waals surface area contributed by atoms with E-state index in [1.807, 2.05) is 0 Å². The lowest BCUT2D eigenvalue weighted by molar-refractivity contribution is 0.0785. The van der Waals surface area contributed by atoms with Gasteiger partial charge in [0.15, 0.2) is 0 Å². The molecule has 0 bridgehead atoms. The Hall–Kier alpha value is -1.42. The number of amides is 1. The van der Waals surface area contributed by atoms with Crippen molar-refractivity contribution in [1.29, 1.82) is 0 Å². The molecule has 1 saturated heterocycles. The molecule has 1 aliphatic rings. The molecule has 0 saturated carbocycles. The van der Waals surface area contributed by atoms with Gasteiger partial charge in [-0.05, 0) is 37.6 Å². The number of carbonyl (C=O) groups excluding carboxylic acids is 1. The highest BCUT2D eigenvalue weighted by molar-refractivity contribution is 5.94. The number of hydrogen-bond acceptors (Lipinski definition) is 2. The van der Waals surface area contributed by atoms with Crippen molar-refractivity contribution >= 4 is 5.91 Å². The standard InChI is InChI=1S/C13H17FN2O/c1-16(8-6-12-5-7-15-12)13(17)10-3-2-4-11(14)9-10/h2-4,9,12,15H,5-8H2,1H3. The van der Waals surface area contributed by atoms with E-state index in [-0.39, 0.29) is 11.7 Å². The smallest absolute Gasteiger partial charge is 0.253 e. The molecule has 1 atom stereocenters. The van der Waals surface area contributed by atoms with Crippen LogP contribution in [0.5, 0.6) is 0 Å². The van der Waals surface area contributed by atoms with Gasteiger partial charge in [-0.1, -0.05) is 6.07 Å². The zero-order valence-corrected chi connectivity index (χ0v) is 9.95. The molecule has 0 spiro atoms. The first-order valence-electron chi connectivity index (χ1n) is 5.91. The van der Waals surface area contributed by atoms with E-state index in [0.29, 0.717) is 18.2 Å². The Bertz CT molecular complexity index is 404. The Morgan fingerprint density at radius 2 is 2.35 bits per heavy atom. The van der Waals surface area contributed by atoms with Crippen LogP contribution in [-0.2, 0) is 0 Å².